The van der Waals surface area contributed by atoms with Crippen LogP contribution in [0.25, 0.3) is 0 Å². The molecule has 1 rings (SSSR count). The molecule has 0 fully saturated rings. The summed E-state index contributed by atoms with van der Waals surface area (Å²) in [5, 5.41) is 11.2. The molecule has 21 heavy (non-hydrogen) atoms. The van der Waals surface area contributed by atoms with Gasteiger partial charge in [0.2, 0.25) is 0 Å². The molecular weight excluding hydrogens is 289 g/mol. The Hall–Kier alpha value is -2.12. The van der Waals surface area contributed by atoms with Crippen LogP contribution in [0.15, 0.2) is 12.1 Å². The number of carboxylic acid groups (broad SMARTS) is 1. The first-order valence-electron chi connectivity index (χ1n) is 6.25. The van der Waals surface area contributed by atoms with Gasteiger partial charge in [0.25, 0.3) is 5.91 Å². The Labute approximate surface area is 119 Å². The number of nitrogens with zero attached hydrogens (tertiary/aromatic N) is 1. The molecule has 0 bridgehead atoms. The Balaban J connectivity index is 2.95. The predicted molar refractivity (Wildman–Crippen MR) is 67.8 cm³/mol. The second kappa shape index (κ2) is 6.55. The molecule has 1 unspecified atom stereocenters. The van der Waals surface area contributed by atoms with Crippen molar-refractivity contribution in [3.63, 3.8) is 0 Å². The molecule has 116 valence electrons. The standard InChI is InChI=1S/C13H15F3N2O3/c1-3-4-9(12(20)21)18-11(19)8-5-6-10(13(14,15)16)17-7(8)2/h5-6,9H,3-4H2,1-2H3,(H,18,19)(H,20,21). The Bertz CT molecular complexity index is 544. The minimum atomic E-state index is -4.59. The highest BCUT2D eigenvalue weighted by molar-refractivity contribution is 5.97. The van der Waals surface area contributed by atoms with Crippen molar-refractivity contribution >= 4 is 11.9 Å². The van der Waals surface area contributed by atoms with E-state index in [1.54, 1.807) is 6.92 Å². The minimum absolute atomic E-state index is 0.0784. The predicted octanol–water partition coefficient (Wildman–Crippen LogP) is 2.39. The second-order valence-corrected chi connectivity index (χ2v) is 4.48. The van der Waals surface area contributed by atoms with E-state index in [0.717, 1.165) is 6.07 Å². The lowest BCUT2D eigenvalue weighted by atomic mass is 10.1. The molecule has 0 spiro atoms. The first kappa shape index (κ1) is 16.9. The van der Waals surface area contributed by atoms with Gasteiger partial charge >= 0.3 is 12.1 Å². The maximum atomic E-state index is 12.5. The number of rotatable bonds is 5. The molecule has 2 N–H and O–H groups in total. The summed E-state index contributed by atoms with van der Waals surface area (Å²) < 4.78 is 37.4. The van der Waals surface area contributed by atoms with Crippen LogP contribution in [0.2, 0.25) is 0 Å². The number of aromatic nitrogens is 1. The molecule has 0 saturated carbocycles. The van der Waals surface area contributed by atoms with Gasteiger partial charge in [0.1, 0.15) is 11.7 Å². The molecule has 8 heteroatoms. The topological polar surface area (TPSA) is 79.3 Å². The quantitative estimate of drug-likeness (QED) is 0.875. The zero-order valence-electron chi connectivity index (χ0n) is 11.5. The van der Waals surface area contributed by atoms with E-state index in [1.807, 2.05) is 0 Å². The van der Waals surface area contributed by atoms with Gasteiger partial charge in [0.15, 0.2) is 0 Å². The number of carbonyl (C=O) groups is 2. The average molecular weight is 304 g/mol. The van der Waals surface area contributed by atoms with Crippen LogP contribution < -0.4 is 5.32 Å². The van der Waals surface area contributed by atoms with Gasteiger partial charge in [0.05, 0.1) is 11.3 Å². The first-order valence-corrected chi connectivity index (χ1v) is 6.25. The van der Waals surface area contributed by atoms with Gasteiger partial charge in [0, 0.05) is 0 Å². The zero-order valence-corrected chi connectivity index (χ0v) is 11.5. The van der Waals surface area contributed by atoms with Crippen LogP contribution in [-0.4, -0.2) is 28.0 Å². The van der Waals surface area contributed by atoms with Gasteiger partial charge in [-0.2, -0.15) is 13.2 Å². The third-order valence-corrected chi connectivity index (χ3v) is 2.80. The van der Waals surface area contributed by atoms with Crippen molar-refractivity contribution in [2.24, 2.45) is 0 Å². The summed E-state index contributed by atoms with van der Waals surface area (Å²) in [5.74, 6) is -1.95. The number of alkyl halides is 3. The number of carboxylic acids is 1. The van der Waals surface area contributed by atoms with Gasteiger partial charge in [-0.05, 0) is 25.5 Å². The molecule has 0 radical (unpaired) electrons. The van der Waals surface area contributed by atoms with Crippen molar-refractivity contribution in [1.29, 1.82) is 0 Å². The summed E-state index contributed by atoms with van der Waals surface area (Å²) in [6.07, 6.45) is -3.82. The van der Waals surface area contributed by atoms with Crippen LogP contribution in [0, 0.1) is 6.92 Å². The Morgan fingerprint density at radius 2 is 2.00 bits per heavy atom. The van der Waals surface area contributed by atoms with E-state index >= 15 is 0 Å². The highest BCUT2D eigenvalue weighted by Crippen LogP contribution is 2.28. The Morgan fingerprint density at radius 3 is 2.43 bits per heavy atom. The van der Waals surface area contributed by atoms with Gasteiger partial charge in [-0.3, -0.25) is 4.79 Å². The van der Waals surface area contributed by atoms with E-state index in [1.165, 1.54) is 6.92 Å². The molecule has 1 aromatic heterocycles. The molecule has 1 heterocycles. The summed E-state index contributed by atoms with van der Waals surface area (Å²) in [6.45, 7) is 3.02. The lowest BCUT2D eigenvalue weighted by molar-refractivity contribution is -0.141. The van der Waals surface area contributed by atoms with Gasteiger partial charge < -0.3 is 10.4 Å². The van der Waals surface area contributed by atoms with E-state index in [2.05, 4.69) is 10.3 Å². The van der Waals surface area contributed by atoms with Crippen molar-refractivity contribution in [1.82, 2.24) is 10.3 Å². The van der Waals surface area contributed by atoms with E-state index < -0.39 is 29.8 Å². The molecule has 1 atom stereocenters. The zero-order chi connectivity index (χ0) is 16.2. The van der Waals surface area contributed by atoms with Crippen molar-refractivity contribution in [3.8, 4) is 0 Å². The molecule has 0 aliphatic heterocycles. The summed E-state index contributed by atoms with van der Waals surface area (Å²) in [5.41, 5.74) is -1.28. The van der Waals surface area contributed by atoms with Crippen LogP contribution in [0.4, 0.5) is 13.2 Å². The van der Waals surface area contributed by atoms with E-state index in [9.17, 15) is 22.8 Å². The molecule has 1 amide bonds. The van der Waals surface area contributed by atoms with Crippen molar-refractivity contribution < 1.29 is 27.9 Å². The van der Waals surface area contributed by atoms with Gasteiger partial charge in [-0.1, -0.05) is 13.3 Å². The number of aliphatic carboxylic acids is 1. The Morgan fingerprint density at radius 1 is 1.38 bits per heavy atom. The van der Waals surface area contributed by atoms with Crippen molar-refractivity contribution in [2.45, 2.75) is 38.9 Å². The van der Waals surface area contributed by atoms with Crippen LogP contribution in [0.3, 0.4) is 0 Å². The van der Waals surface area contributed by atoms with Gasteiger partial charge in [-0.15, -0.1) is 0 Å². The third kappa shape index (κ3) is 4.44. The number of halogens is 3. The third-order valence-electron chi connectivity index (χ3n) is 2.80. The summed E-state index contributed by atoms with van der Waals surface area (Å²) in [6, 6.07) is 0.604. The number of amides is 1. The lowest BCUT2D eigenvalue weighted by Crippen LogP contribution is -2.41. The number of pyridine rings is 1. The molecule has 1 aromatic rings. The number of aryl methyl sites for hydroxylation is 1. The minimum Gasteiger partial charge on any atom is -0.480 e. The maximum Gasteiger partial charge on any atom is 0.433 e. The molecule has 0 saturated heterocycles. The molecule has 0 aliphatic carbocycles. The highest BCUT2D eigenvalue weighted by Gasteiger charge is 2.33. The van der Waals surface area contributed by atoms with E-state index in [0.29, 0.717) is 12.5 Å². The summed E-state index contributed by atoms with van der Waals surface area (Å²) in [4.78, 5) is 26.2. The van der Waals surface area contributed by atoms with Crippen LogP contribution in [0.5, 0.6) is 0 Å². The monoisotopic (exact) mass is 304 g/mol. The maximum absolute atomic E-state index is 12.5. The highest BCUT2D eigenvalue weighted by atomic mass is 19.4. The van der Waals surface area contributed by atoms with Crippen LogP contribution in [0.1, 0.15) is 41.5 Å². The molecule has 0 aromatic carbocycles. The average Bonchev–Trinajstić information content (AvgIpc) is 2.36. The van der Waals surface area contributed by atoms with Gasteiger partial charge in [-0.25, -0.2) is 9.78 Å². The largest absolute Gasteiger partial charge is 0.480 e. The molecule has 0 aliphatic rings. The number of carbonyl (C=O) groups excluding carboxylic acids is 1. The van der Waals surface area contributed by atoms with E-state index in [-0.39, 0.29) is 17.7 Å². The van der Waals surface area contributed by atoms with Crippen LogP contribution in [-0.2, 0) is 11.0 Å². The number of hydrogen-bond acceptors (Lipinski definition) is 3. The number of nitrogens with one attached hydrogen (secondary N) is 1. The fourth-order valence-corrected chi connectivity index (χ4v) is 1.74. The molecular formula is C13H15F3N2O3. The molecule has 5 nitrogen and oxygen atoms in total. The Kier molecular flexibility index (Phi) is 5.28. The smallest absolute Gasteiger partial charge is 0.433 e. The second-order valence-electron chi connectivity index (χ2n) is 4.48. The van der Waals surface area contributed by atoms with E-state index in [4.69, 9.17) is 5.11 Å². The lowest BCUT2D eigenvalue weighted by Gasteiger charge is -2.15. The van der Waals surface area contributed by atoms with Crippen molar-refractivity contribution in [2.75, 3.05) is 0 Å². The number of hydrogen-bond donors (Lipinski definition) is 2. The fourth-order valence-electron chi connectivity index (χ4n) is 1.74. The SMILES string of the molecule is CCCC(NC(=O)c1ccc(C(F)(F)F)nc1C)C(=O)O. The first-order chi connectivity index (χ1) is 9.66. The van der Waals surface area contributed by atoms with Crippen molar-refractivity contribution in [3.05, 3.63) is 29.1 Å². The van der Waals surface area contributed by atoms with Crippen LogP contribution >= 0.6 is 0 Å². The summed E-state index contributed by atoms with van der Waals surface area (Å²) >= 11 is 0. The summed E-state index contributed by atoms with van der Waals surface area (Å²) in [7, 11) is 0. The fraction of sp³-hybridized carbons (Fsp3) is 0.462. The normalized spacial score (nSPS) is 12.8.